The molecule has 0 bridgehead atoms. The summed E-state index contributed by atoms with van der Waals surface area (Å²) in [7, 11) is 1.47. The third kappa shape index (κ3) is 2.92. The van der Waals surface area contributed by atoms with Crippen molar-refractivity contribution in [3.8, 4) is 0 Å². The lowest BCUT2D eigenvalue weighted by atomic mass is 10.1. The number of nitrogens with one attached hydrogen (secondary N) is 1. The Balaban J connectivity index is 2.28. The summed E-state index contributed by atoms with van der Waals surface area (Å²) in [5.74, 6) is -1.68. The van der Waals surface area contributed by atoms with Crippen LogP contribution in [0.3, 0.4) is 0 Å². The first-order chi connectivity index (χ1) is 9.30. The van der Waals surface area contributed by atoms with E-state index >= 15 is 0 Å². The summed E-state index contributed by atoms with van der Waals surface area (Å²) in [5, 5.41) is 3.04. The molecule has 0 aliphatic carbocycles. The fourth-order valence-corrected chi connectivity index (χ4v) is 2.19. The van der Waals surface area contributed by atoms with E-state index in [2.05, 4.69) is 5.32 Å². The Labute approximate surface area is 113 Å². The number of hydrogen-bond donors (Lipinski definition) is 1. The van der Waals surface area contributed by atoms with Crippen molar-refractivity contribution in [2.24, 2.45) is 0 Å². The molecule has 1 heterocycles. The van der Waals surface area contributed by atoms with Crippen LogP contribution in [-0.4, -0.2) is 37.0 Å². The third-order valence-electron chi connectivity index (χ3n) is 3.43. The van der Waals surface area contributed by atoms with Crippen molar-refractivity contribution in [1.82, 2.24) is 10.2 Å². The Kier molecular flexibility index (Phi) is 3.99. The van der Waals surface area contributed by atoms with Crippen molar-refractivity contribution in [2.75, 3.05) is 20.1 Å². The maximum atomic E-state index is 13.6. The molecule has 20 heavy (non-hydrogen) atoms. The second-order valence-corrected chi connectivity index (χ2v) is 4.76. The molecule has 0 saturated carbocycles. The summed E-state index contributed by atoms with van der Waals surface area (Å²) in [5.41, 5.74) is -1.57. The Hall–Kier alpha value is -1.63. The lowest BCUT2D eigenvalue weighted by Gasteiger charge is -2.24. The molecule has 0 spiro atoms. The van der Waals surface area contributed by atoms with Crippen LogP contribution in [-0.2, 0) is 6.18 Å². The molecule has 0 radical (unpaired) electrons. The van der Waals surface area contributed by atoms with Gasteiger partial charge in [0, 0.05) is 19.6 Å². The van der Waals surface area contributed by atoms with Gasteiger partial charge in [0.15, 0.2) is 0 Å². The number of amides is 1. The number of benzene rings is 1. The average Bonchev–Trinajstić information content (AvgIpc) is 2.90. The highest BCUT2D eigenvalue weighted by Gasteiger charge is 2.33. The van der Waals surface area contributed by atoms with Crippen LogP contribution in [0.5, 0.6) is 0 Å². The van der Waals surface area contributed by atoms with E-state index in [0.717, 1.165) is 6.54 Å². The molecule has 1 aliphatic rings. The van der Waals surface area contributed by atoms with E-state index < -0.39 is 29.0 Å². The molecule has 110 valence electrons. The smallest absolute Gasteiger partial charge is 0.337 e. The number of hydrogen-bond acceptors (Lipinski definition) is 2. The number of rotatable bonds is 2. The third-order valence-corrected chi connectivity index (χ3v) is 3.43. The van der Waals surface area contributed by atoms with E-state index in [4.69, 9.17) is 0 Å². The van der Waals surface area contributed by atoms with Crippen LogP contribution >= 0.6 is 0 Å². The first-order valence-electron chi connectivity index (χ1n) is 6.15. The second kappa shape index (κ2) is 5.40. The Bertz CT molecular complexity index is 510. The summed E-state index contributed by atoms with van der Waals surface area (Å²) in [6.07, 6.45) is -3.90. The van der Waals surface area contributed by atoms with Crippen LogP contribution in [0.25, 0.3) is 0 Å². The van der Waals surface area contributed by atoms with Crippen molar-refractivity contribution in [2.45, 2.75) is 18.6 Å². The van der Waals surface area contributed by atoms with Gasteiger partial charge in [-0.2, -0.15) is 13.2 Å². The number of nitrogens with zero attached hydrogens (tertiary/aromatic N) is 1. The quantitative estimate of drug-likeness (QED) is 0.848. The molecular formula is C13H14F4N2O. The zero-order chi connectivity index (χ0) is 14.9. The highest BCUT2D eigenvalue weighted by atomic mass is 19.4. The maximum absolute atomic E-state index is 13.6. The van der Waals surface area contributed by atoms with Gasteiger partial charge in [0.25, 0.3) is 5.91 Å². The van der Waals surface area contributed by atoms with Crippen LogP contribution in [0.2, 0.25) is 0 Å². The summed E-state index contributed by atoms with van der Waals surface area (Å²) in [6, 6.07) is 1.74. The molecule has 1 aliphatic heterocycles. The maximum Gasteiger partial charge on any atom is 0.416 e. The first kappa shape index (κ1) is 14.8. The van der Waals surface area contributed by atoms with Gasteiger partial charge in [0.2, 0.25) is 0 Å². The van der Waals surface area contributed by atoms with Gasteiger partial charge in [0.1, 0.15) is 5.82 Å². The molecule has 2 rings (SSSR count). The van der Waals surface area contributed by atoms with Gasteiger partial charge in [-0.05, 0) is 31.2 Å². The molecule has 1 amide bonds. The Morgan fingerprint density at radius 3 is 2.65 bits per heavy atom. The summed E-state index contributed by atoms with van der Waals surface area (Å²) in [6.45, 7) is 1.29. The zero-order valence-corrected chi connectivity index (χ0v) is 10.8. The van der Waals surface area contributed by atoms with Gasteiger partial charge in [-0.1, -0.05) is 0 Å². The molecule has 0 aromatic heterocycles. The molecular weight excluding hydrogens is 276 g/mol. The number of alkyl halides is 3. The molecule has 1 aromatic rings. The van der Waals surface area contributed by atoms with Gasteiger partial charge in [-0.15, -0.1) is 0 Å². The van der Waals surface area contributed by atoms with Crippen LogP contribution in [0.15, 0.2) is 18.2 Å². The van der Waals surface area contributed by atoms with Gasteiger partial charge in [-0.25, -0.2) is 4.39 Å². The van der Waals surface area contributed by atoms with E-state index in [1.807, 2.05) is 0 Å². The average molecular weight is 290 g/mol. The van der Waals surface area contributed by atoms with Crippen LogP contribution in [0.1, 0.15) is 22.3 Å². The molecule has 1 atom stereocenters. The lowest BCUT2D eigenvalue weighted by Crippen LogP contribution is -2.38. The minimum absolute atomic E-state index is 0.128. The van der Waals surface area contributed by atoms with E-state index in [1.54, 1.807) is 0 Å². The summed E-state index contributed by atoms with van der Waals surface area (Å²) in [4.78, 5) is 13.4. The number of halogens is 4. The lowest BCUT2D eigenvalue weighted by molar-refractivity contribution is -0.137. The first-order valence-corrected chi connectivity index (χ1v) is 6.15. The SMILES string of the molecule is CN(C(=O)c1cc(C(F)(F)F)ccc1F)[C@@H]1CCNC1. The predicted molar refractivity (Wildman–Crippen MR) is 64.8 cm³/mol. The minimum atomic E-state index is -4.60. The van der Waals surface area contributed by atoms with Crippen LogP contribution < -0.4 is 5.32 Å². The van der Waals surface area contributed by atoms with Crippen LogP contribution in [0, 0.1) is 5.82 Å². The fraction of sp³-hybridized carbons (Fsp3) is 0.462. The molecule has 1 aromatic carbocycles. The number of carbonyl (C=O) groups is 1. The van der Waals surface area contributed by atoms with E-state index in [1.165, 1.54) is 11.9 Å². The van der Waals surface area contributed by atoms with Crippen molar-refractivity contribution < 1.29 is 22.4 Å². The molecule has 1 fully saturated rings. The predicted octanol–water partition coefficient (Wildman–Crippen LogP) is 2.28. The fourth-order valence-electron chi connectivity index (χ4n) is 2.19. The summed E-state index contributed by atoms with van der Waals surface area (Å²) < 4.78 is 51.4. The monoisotopic (exact) mass is 290 g/mol. The number of likely N-dealkylation sites (N-methyl/N-ethyl adjacent to an activating group) is 1. The van der Waals surface area contributed by atoms with E-state index in [9.17, 15) is 22.4 Å². The molecule has 1 saturated heterocycles. The van der Waals surface area contributed by atoms with Gasteiger partial charge in [0.05, 0.1) is 11.1 Å². The van der Waals surface area contributed by atoms with Gasteiger partial charge < -0.3 is 10.2 Å². The Morgan fingerprint density at radius 1 is 1.40 bits per heavy atom. The highest BCUT2D eigenvalue weighted by Crippen LogP contribution is 2.30. The molecule has 0 unspecified atom stereocenters. The second-order valence-electron chi connectivity index (χ2n) is 4.76. The van der Waals surface area contributed by atoms with Crippen LogP contribution in [0.4, 0.5) is 17.6 Å². The largest absolute Gasteiger partial charge is 0.416 e. The standard InChI is InChI=1S/C13H14F4N2O/c1-19(9-4-5-18-7-9)12(20)10-6-8(13(15,16)17)2-3-11(10)14/h2-3,6,9,18H,4-5,7H2,1H3/t9-/m1/s1. The van der Waals surface area contributed by atoms with E-state index in [-0.39, 0.29) is 6.04 Å². The van der Waals surface area contributed by atoms with Gasteiger partial charge >= 0.3 is 6.18 Å². The van der Waals surface area contributed by atoms with Gasteiger partial charge in [-0.3, -0.25) is 4.79 Å². The van der Waals surface area contributed by atoms with Crippen molar-refractivity contribution in [3.63, 3.8) is 0 Å². The summed E-state index contributed by atoms with van der Waals surface area (Å²) >= 11 is 0. The van der Waals surface area contributed by atoms with Crippen molar-refractivity contribution in [1.29, 1.82) is 0 Å². The zero-order valence-electron chi connectivity index (χ0n) is 10.8. The van der Waals surface area contributed by atoms with E-state index in [0.29, 0.717) is 31.2 Å². The van der Waals surface area contributed by atoms with Crippen molar-refractivity contribution >= 4 is 5.91 Å². The Morgan fingerprint density at radius 2 is 2.10 bits per heavy atom. The highest BCUT2D eigenvalue weighted by molar-refractivity contribution is 5.94. The molecule has 1 N–H and O–H groups in total. The molecule has 7 heteroatoms. The van der Waals surface area contributed by atoms with Crippen molar-refractivity contribution in [3.05, 3.63) is 35.1 Å². The number of carbonyl (C=O) groups excluding carboxylic acids is 1. The minimum Gasteiger partial charge on any atom is -0.337 e. The topological polar surface area (TPSA) is 32.3 Å². The normalized spacial score (nSPS) is 19.1. The molecule has 3 nitrogen and oxygen atoms in total.